The number of carbonyl (C=O) groups excluding carboxylic acids is 1. The maximum absolute atomic E-state index is 13.2. The molecule has 1 aromatic rings. The summed E-state index contributed by atoms with van der Waals surface area (Å²) in [4.78, 5) is 13.4. The number of nitrogens with zero attached hydrogens (tertiary/aromatic N) is 1. The summed E-state index contributed by atoms with van der Waals surface area (Å²) in [6.45, 7) is 3.55. The Kier molecular flexibility index (Phi) is 6.29. The summed E-state index contributed by atoms with van der Waals surface area (Å²) in [7, 11) is 1.84. The van der Waals surface area contributed by atoms with Crippen LogP contribution in [-0.2, 0) is 11.3 Å². The number of hydrogen-bond donors (Lipinski definition) is 1. The van der Waals surface area contributed by atoms with E-state index in [-0.39, 0.29) is 11.7 Å². The van der Waals surface area contributed by atoms with Gasteiger partial charge in [0.25, 0.3) is 0 Å². The lowest BCUT2D eigenvalue weighted by atomic mass is 10.2. The molecule has 0 radical (unpaired) electrons. The zero-order valence-electron chi connectivity index (χ0n) is 10.7. The van der Waals surface area contributed by atoms with Crippen molar-refractivity contribution in [2.45, 2.75) is 19.9 Å². The Balaban J connectivity index is 2.48. The van der Waals surface area contributed by atoms with Crippen molar-refractivity contribution in [3.05, 3.63) is 34.1 Å². The summed E-state index contributed by atoms with van der Waals surface area (Å²) < 4.78 is 13.9. The first-order chi connectivity index (χ1) is 8.51. The van der Waals surface area contributed by atoms with Crippen LogP contribution in [0, 0.1) is 5.82 Å². The fourth-order valence-electron chi connectivity index (χ4n) is 1.64. The molecule has 18 heavy (non-hydrogen) atoms. The van der Waals surface area contributed by atoms with Crippen LogP contribution in [0.2, 0.25) is 0 Å². The minimum Gasteiger partial charge on any atom is -0.355 e. The number of nitrogens with one attached hydrogen (secondary N) is 1. The fourth-order valence-corrected chi connectivity index (χ4v) is 2.15. The molecule has 0 saturated heterocycles. The molecule has 0 saturated carbocycles. The van der Waals surface area contributed by atoms with Crippen molar-refractivity contribution < 1.29 is 9.18 Å². The van der Waals surface area contributed by atoms with Crippen LogP contribution in [0.1, 0.15) is 18.9 Å². The predicted molar refractivity (Wildman–Crippen MR) is 73.7 cm³/mol. The molecular weight excluding hydrogens is 299 g/mol. The van der Waals surface area contributed by atoms with E-state index in [2.05, 4.69) is 21.2 Å². The Morgan fingerprint density at radius 2 is 2.17 bits per heavy atom. The topological polar surface area (TPSA) is 32.3 Å². The van der Waals surface area contributed by atoms with Gasteiger partial charge in [-0.1, -0.05) is 22.9 Å². The number of likely N-dealkylation sites (N-methyl/N-ethyl adjacent to an activating group) is 1. The van der Waals surface area contributed by atoms with Crippen LogP contribution in [0.25, 0.3) is 0 Å². The summed E-state index contributed by atoms with van der Waals surface area (Å²) >= 11 is 3.25. The average molecular weight is 317 g/mol. The van der Waals surface area contributed by atoms with Crippen molar-refractivity contribution >= 4 is 21.8 Å². The molecule has 0 aliphatic heterocycles. The molecule has 0 aromatic heterocycles. The Morgan fingerprint density at radius 1 is 1.44 bits per heavy atom. The highest BCUT2D eigenvalue weighted by Crippen LogP contribution is 2.15. The Hall–Kier alpha value is -0.940. The largest absolute Gasteiger partial charge is 0.355 e. The van der Waals surface area contributed by atoms with Gasteiger partial charge in [-0.2, -0.15) is 0 Å². The van der Waals surface area contributed by atoms with E-state index in [0.717, 1.165) is 12.0 Å². The first-order valence-corrected chi connectivity index (χ1v) is 6.70. The van der Waals surface area contributed by atoms with Gasteiger partial charge in [0.1, 0.15) is 5.82 Å². The molecule has 3 nitrogen and oxygen atoms in total. The van der Waals surface area contributed by atoms with Crippen LogP contribution in [0.15, 0.2) is 22.7 Å². The summed E-state index contributed by atoms with van der Waals surface area (Å²) in [5.74, 6) is -0.280. The van der Waals surface area contributed by atoms with Crippen molar-refractivity contribution in [1.82, 2.24) is 10.2 Å². The molecule has 100 valence electrons. The van der Waals surface area contributed by atoms with E-state index in [1.807, 2.05) is 24.9 Å². The molecule has 0 heterocycles. The second-order valence-electron chi connectivity index (χ2n) is 4.30. The first kappa shape index (κ1) is 15.1. The second-order valence-corrected chi connectivity index (χ2v) is 5.22. The number of rotatable bonds is 6. The number of hydrogen-bond acceptors (Lipinski definition) is 2. The maximum atomic E-state index is 13.2. The second kappa shape index (κ2) is 7.48. The zero-order valence-corrected chi connectivity index (χ0v) is 12.3. The minimum atomic E-state index is -0.275. The highest BCUT2D eigenvalue weighted by molar-refractivity contribution is 9.10. The third kappa shape index (κ3) is 5.60. The maximum Gasteiger partial charge on any atom is 0.234 e. The molecule has 0 atom stereocenters. The van der Waals surface area contributed by atoms with Crippen molar-refractivity contribution in [2.24, 2.45) is 0 Å². The SMILES string of the molecule is CCCNC(=O)CN(C)Cc1cc(F)cc(Br)c1. The summed E-state index contributed by atoms with van der Waals surface area (Å²) in [5.41, 5.74) is 0.840. The Morgan fingerprint density at radius 3 is 2.78 bits per heavy atom. The van der Waals surface area contributed by atoms with Crippen molar-refractivity contribution in [3.63, 3.8) is 0 Å². The standard InChI is InChI=1S/C13H18BrFN2O/c1-3-4-16-13(18)9-17(2)8-10-5-11(14)7-12(15)6-10/h5-7H,3-4,8-9H2,1-2H3,(H,16,18). The van der Waals surface area contributed by atoms with Gasteiger partial charge in [-0.05, 0) is 37.2 Å². The summed E-state index contributed by atoms with van der Waals surface area (Å²) in [5, 5.41) is 2.81. The van der Waals surface area contributed by atoms with E-state index >= 15 is 0 Å². The van der Waals surface area contributed by atoms with Gasteiger partial charge in [-0.15, -0.1) is 0 Å². The van der Waals surface area contributed by atoms with Gasteiger partial charge in [0.15, 0.2) is 0 Å². The molecule has 1 rings (SSSR count). The lowest BCUT2D eigenvalue weighted by molar-refractivity contribution is -0.122. The number of halogens is 2. The molecule has 0 fully saturated rings. The molecule has 0 bridgehead atoms. The molecular formula is C13H18BrFN2O. The number of amides is 1. The predicted octanol–water partition coefficient (Wildman–Crippen LogP) is 2.55. The molecule has 0 unspecified atom stereocenters. The van der Waals surface area contributed by atoms with Crippen LogP contribution < -0.4 is 5.32 Å². The van der Waals surface area contributed by atoms with Crippen LogP contribution >= 0.6 is 15.9 Å². The number of benzene rings is 1. The summed E-state index contributed by atoms with van der Waals surface area (Å²) in [6, 6.07) is 4.74. The normalized spacial score (nSPS) is 10.7. The third-order valence-corrected chi connectivity index (χ3v) is 2.82. The molecule has 1 aromatic carbocycles. The van der Waals surface area contributed by atoms with Crippen LogP contribution in [-0.4, -0.2) is 30.9 Å². The van der Waals surface area contributed by atoms with Crippen molar-refractivity contribution in [2.75, 3.05) is 20.1 Å². The molecule has 0 spiro atoms. The van der Waals surface area contributed by atoms with E-state index in [9.17, 15) is 9.18 Å². The van der Waals surface area contributed by atoms with Gasteiger partial charge in [0, 0.05) is 17.6 Å². The van der Waals surface area contributed by atoms with E-state index in [1.165, 1.54) is 12.1 Å². The van der Waals surface area contributed by atoms with E-state index in [1.54, 1.807) is 0 Å². The van der Waals surface area contributed by atoms with Gasteiger partial charge in [-0.3, -0.25) is 9.69 Å². The van der Waals surface area contributed by atoms with Crippen molar-refractivity contribution in [1.29, 1.82) is 0 Å². The molecule has 0 aliphatic rings. The molecule has 1 N–H and O–H groups in total. The molecule has 1 amide bonds. The average Bonchev–Trinajstić information content (AvgIpc) is 2.24. The summed E-state index contributed by atoms with van der Waals surface area (Å²) in [6.07, 6.45) is 0.923. The third-order valence-electron chi connectivity index (χ3n) is 2.36. The van der Waals surface area contributed by atoms with Gasteiger partial charge in [0.05, 0.1) is 6.54 Å². The van der Waals surface area contributed by atoms with Gasteiger partial charge < -0.3 is 5.32 Å². The fraction of sp³-hybridized carbons (Fsp3) is 0.462. The lowest BCUT2D eigenvalue weighted by Crippen LogP contribution is -2.35. The van der Waals surface area contributed by atoms with Crippen LogP contribution in [0.5, 0.6) is 0 Å². The van der Waals surface area contributed by atoms with E-state index < -0.39 is 0 Å². The van der Waals surface area contributed by atoms with Gasteiger partial charge >= 0.3 is 0 Å². The molecule has 0 aliphatic carbocycles. The first-order valence-electron chi connectivity index (χ1n) is 5.91. The number of carbonyl (C=O) groups is 1. The van der Waals surface area contributed by atoms with E-state index in [4.69, 9.17) is 0 Å². The Bertz CT molecular complexity index is 392. The van der Waals surface area contributed by atoms with Crippen LogP contribution in [0.4, 0.5) is 4.39 Å². The van der Waals surface area contributed by atoms with Gasteiger partial charge in [0.2, 0.25) is 5.91 Å². The minimum absolute atomic E-state index is 0.00480. The molecule has 5 heteroatoms. The van der Waals surface area contributed by atoms with Gasteiger partial charge in [-0.25, -0.2) is 4.39 Å². The van der Waals surface area contributed by atoms with Crippen LogP contribution in [0.3, 0.4) is 0 Å². The quantitative estimate of drug-likeness (QED) is 0.874. The highest BCUT2D eigenvalue weighted by atomic mass is 79.9. The lowest BCUT2D eigenvalue weighted by Gasteiger charge is -2.16. The highest BCUT2D eigenvalue weighted by Gasteiger charge is 2.07. The monoisotopic (exact) mass is 316 g/mol. The smallest absolute Gasteiger partial charge is 0.234 e. The Labute approximate surface area is 115 Å². The van der Waals surface area contributed by atoms with Crippen molar-refractivity contribution in [3.8, 4) is 0 Å². The van der Waals surface area contributed by atoms with E-state index in [0.29, 0.717) is 24.1 Å². The zero-order chi connectivity index (χ0) is 13.5.